The largest absolute Gasteiger partial charge is 0.380 e. The van der Waals surface area contributed by atoms with Gasteiger partial charge in [-0.2, -0.15) is 0 Å². The van der Waals surface area contributed by atoms with Gasteiger partial charge in [-0.25, -0.2) is 0 Å². The van der Waals surface area contributed by atoms with Crippen LogP contribution in [0.3, 0.4) is 0 Å². The lowest BCUT2D eigenvalue weighted by molar-refractivity contribution is -0.0356. The SMILES string of the molecule is CCNC[C@@H]1CN(CCOCC(C)C)CCO1. The summed E-state index contributed by atoms with van der Waals surface area (Å²) in [5.74, 6) is 0.626. The predicted molar refractivity (Wildman–Crippen MR) is 70.4 cm³/mol. The Morgan fingerprint density at radius 1 is 1.47 bits per heavy atom. The first-order chi connectivity index (χ1) is 8.22. The maximum atomic E-state index is 5.71. The summed E-state index contributed by atoms with van der Waals surface area (Å²) in [4.78, 5) is 2.44. The average Bonchev–Trinajstić information content (AvgIpc) is 2.32. The van der Waals surface area contributed by atoms with E-state index in [1.54, 1.807) is 0 Å². The van der Waals surface area contributed by atoms with Crippen molar-refractivity contribution < 1.29 is 9.47 Å². The van der Waals surface area contributed by atoms with Gasteiger partial charge in [0, 0.05) is 32.8 Å². The molecule has 0 saturated carbocycles. The number of ether oxygens (including phenoxy) is 2. The van der Waals surface area contributed by atoms with Crippen LogP contribution in [-0.2, 0) is 9.47 Å². The van der Waals surface area contributed by atoms with Crippen LogP contribution in [0.4, 0.5) is 0 Å². The molecule has 1 atom stereocenters. The van der Waals surface area contributed by atoms with E-state index >= 15 is 0 Å². The number of nitrogens with one attached hydrogen (secondary N) is 1. The molecule has 0 spiro atoms. The first kappa shape index (κ1) is 14.9. The maximum Gasteiger partial charge on any atom is 0.0826 e. The molecule has 1 rings (SSSR count). The van der Waals surface area contributed by atoms with Gasteiger partial charge in [0.1, 0.15) is 0 Å². The standard InChI is InChI=1S/C13H28N2O2/c1-4-14-9-13-10-15(6-8-17-13)5-7-16-11-12(2)3/h12-14H,4-11H2,1-3H3/t13-/m1/s1. The summed E-state index contributed by atoms with van der Waals surface area (Å²) in [6.07, 6.45) is 0.341. The highest BCUT2D eigenvalue weighted by atomic mass is 16.5. The molecule has 102 valence electrons. The van der Waals surface area contributed by atoms with Gasteiger partial charge < -0.3 is 14.8 Å². The molecule has 0 radical (unpaired) electrons. The van der Waals surface area contributed by atoms with Gasteiger partial charge in [0.05, 0.1) is 19.3 Å². The van der Waals surface area contributed by atoms with Crippen molar-refractivity contribution in [2.75, 3.05) is 52.5 Å². The van der Waals surface area contributed by atoms with Crippen LogP contribution in [-0.4, -0.2) is 63.5 Å². The Balaban J connectivity index is 2.07. The van der Waals surface area contributed by atoms with Crippen molar-refractivity contribution in [3.05, 3.63) is 0 Å². The Kier molecular flexibility index (Phi) is 7.77. The molecule has 1 aliphatic rings. The van der Waals surface area contributed by atoms with Gasteiger partial charge >= 0.3 is 0 Å². The number of likely N-dealkylation sites (N-methyl/N-ethyl adjacent to an activating group) is 1. The first-order valence-electron chi connectivity index (χ1n) is 6.84. The molecule has 0 unspecified atom stereocenters. The topological polar surface area (TPSA) is 33.7 Å². The smallest absolute Gasteiger partial charge is 0.0826 e. The van der Waals surface area contributed by atoms with E-state index in [4.69, 9.17) is 9.47 Å². The number of nitrogens with zero attached hydrogens (tertiary/aromatic N) is 1. The van der Waals surface area contributed by atoms with Crippen LogP contribution in [0.15, 0.2) is 0 Å². The number of rotatable bonds is 8. The second-order valence-electron chi connectivity index (χ2n) is 5.07. The monoisotopic (exact) mass is 244 g/mol. The molecule has 0 aromatic rings. The van der Waals surface area contributed by atoms with Crippen molar-refractivity contribution >= 4 is 0 Å². The van der Waals surface area contributed by atoms with E-state index in [-0.39, 0.29) is 0 Å². The highest BCUT2D eigenvalue weighted by Gasteiger charge is 2.19. The summed E-state index contributed by atoms with van der Waals surface area (Å²) in [5.41, 5.74) is 0. The van der Waals surface area contributed by atoms with Gasteiger partial charge in [-0.05, 0) is 12.5 Å². The Labute approximate surface area is 106 Å². The highest BCUT2D eigenvalue weighted by Crippen LogP contribution is 2.04. The van der Waals surface area contributed by atoms with Gasteiger partial charge in [0.25, 0.3) is 0 Å². The number of hydrogen-bond acceptors (Lipinski definition) is 4. The fraction of sp³-hybridized carbons (Fsp3) is 1.00. The second-order valence-corrected chi connectivity index (χ2v) is 5.07. The molecule has 4 heteroatoms. The fourth-order valence-corrected chi connectivity index (χ4v) is 1.93. The summed E-state index contributed by atoms with van der Waals surface area (Å²) in [6, 6.07) is 0. The van der Waals surface area contributed by atoms with Crippen molar-refractivity contribution in [3.63, 3.8) is 0 Å². The van der Waals surface area contributed by atoms with Gasteiger partial charge in [-0.15, -0.1) is 0 Å². The highest BCUT2D eigenvalue weighted by molar-refractivity contribution is 4.73. The van der Waals surface area contributed by atoms with Crippen LogP contribution in [0, 0.1) is 5.92 Å². The normalized spacial score (nSPS) is 22.2. The van der Waals surface area contributed by atoms with Gasteiger partial charge in [-0.1, -0.05) is 20.8 Å². The summed E-state index contributed by atoms with van der Waals surface area (Å²) >= 11 is 0. The van der Waals surface area contributed by atoms with Crippen LogP contribution in [0.5, 0.6) is 0 Å². The van der Waals surface area contributed by atoms with Crippen molar-refractivity contribution in [1.82, 2.24) is 10.2 Å². The van der Waals surface area contributed by atoms with E-state index in [9.17, 15) is 0 Å². The zero-order valence-electron chi connectivity index (χ0n) is 11.6. The minimum Gasteiger partial charge on any atom is -0.380 e. The minimum atomic E-state index is 0.341. The van der Waals surface area contributed by atoms with Crippen molar-refractivity contribution in [1.29, 1.82) is 0 Å². The van der Waals surface area contributed by atoms with E-state index < -0.39 is 0 Å². The first-order valence-corrected chi connectivity index (χ1v) is 6.84. The van der Waals surface area contributed by atoms with Crippen LogP contribution in [0.25, 0.3) is 0 Å². The van der Waals surface area contributed by atoms with Crippen molar-refractivity contribution in [2.24, 2.45) is 5.92 Å². The summed E-state index contributed by atoms with van der Waals surface area (Å²) in [5, 5.41) is 3.34. The zero-order valence-corrected chi connectivity index (χ0v) is 11.6. The van der Waals surface area contributed by atoms with Crippen molar-refractivity contribution in [3.8, 4) is 0 Å². The summed E-state index contributed by atoms with van der Waals surface area (Å²) in [7, 11) is 0. The molecule has 1 fully saturated rings. The van der Waals surface area contributed by atoms with Gasteiger partial charge in [0.2, 0.25) is 0 Å². The Morgan fingerprint density at radius 3 is 3.00 bits per heavy atom. The number of morpholine rings is 1. The summed E-state index contributed by atoms with van der Waals surface area (Å²) in [6.45, 7) is 14.1. The molecular weight excluding hydrogens is 216 g/mol. The van der Waals surface area contributed by atoms with Gasteiger partial charge in [0.15, 0.2) is 0 Å². The lowest BCUT2D eigenvalue weighted by atomic mass is 10.2. The Bertz CT molecular complexity index is 188. The number of hydrogen-bond donors (Lipinski definition) is 1. The molecule has 0 bridgehead atoms. The molecule has 1 heterocycles. The van der Waals surface area contributed by atoms with Crippen molar-refractivity contribution in [2.45, 2.75) is 26.9 Å². The quantitative estimate of drug-likeness (QED) is 0.645. The molecule has 1 aliphatic heterocycles. The molecule has 0 aliphatic carbocycles. The zero-order chi connectivity index (χ0) is 12.5. The lowest BCUT2D eigenvalue weighted by Gasteiger charge is -2.32. The molecule has 0 aromatic heterocycles. The van der Waals surface area contributed by atoms with E-state index in [1.165, 1.54) is 0 Å². The Hall–Kier alpha value is -0.160. The molecule has 1 saturated heterocycles. The second kappa shape index (κ2) is 8.86. The molecule has 4 nitrogen and oxygen atoms in total. The lowest BCUT2D eigenvalue weighted by Crippen LogP contribution is -2.47. The van der Waals surface area contributed by atoms with Crippen LogP contribution < -0.4 is 5.32 Å². The third-order valence-corrected chi connectivity index (χ3v) is 2.85. The maximum absolute atomic E-state index is 5.71. The minimum absolute atomic E-state index is 0.341. The van der Waals surface area contributed by atoms with E-state index in [0.29, 0.717) is 12.0 Å². The molecule has 0 aromatic carbocycles. The van der Waals surface area contributed by atoms with E-state index in [1.807, 2.05) is 0 Å². The van der Waals surface area contributed by atoms with Crippen LogP contribution >= 0.6 is 0 Å². The predicted octanol–water partition coefficient (Wildman–Crippen LogP) is 0.969. The fourth-order valence-electron chi connectivity index (χ4n) is 1.93. The third-order valence-electron chi connectivity index (χ3n) is 2.85. The molecule has 1 N–H and O–H groups in total. The molecule has 17 heavy (non-hydrogen) atoms. The Morgan fingerprint density at radius 2 is 2.29 bits per heavy atom. The third kappa shape index (κ3) is 6.99. The average molecular weight is 244 g/mol. The molecule has 0 amide bonds. The summed E-state index contributed by atoms with van der Waals surface area (Å²) < 4.78 is 11.3. The van der Waals surface area contributed by atoms with E-state index in [0.717, 1.165) is 52.5 Å². The van der Waals surface area contributed by atoms with Crippen LogP contribution in [0.1, 0.15) is 20.8 Å². The molecular formula is C13H28N2O2. The van der Waals surface area contributed by atoms with Crippen LogP contribution in [0.2, 0.25) is 0 Å². The van der Waals surface area contributed by atoms with Gasteiger partial charge in [-0.3, -0.25) is 4.90 Å². The van der Waals surface area contributed by atoms with E-state index in [2.05, 4.69) is 31.0 Å².